The van der Waals surface area contributed by atoms with Crippen molar-refractivity contribution < 1.29 is 24.2 Å². The Labute approximate surface area is 130 Å². The Hall–Kier alpha value is -1.38. The van der Waals surface area contributed by atoms with Crippen LogP contribution in [0, 0.1) is 10.1 Å². The van der Waals surface area contributed by atoms with E-state index in [0.29, 0.717) is 11.3 Å². The quantitative estimate of drug-likeness (QED) is 0.383. The highest BCUT2D eigenvalue weighted by Gasteiger charge is 2.43. The van der Waals surface area contributed by atoms with Gasteiger partial charge in [-0.05, 0) is 13.8 Å². The van der Waals surface area contributed by atoms with E-state index in [2.05, 4.69) is 15.9 Å². The third kappa shape index (κ3) is 2.97. The largest absolute Gasteiger partial charge is 0.486 e. The molecular weight excluding hydrogens is 346 g/mol. The summed E-state index contributed by atoms with van der Waals surface area (Å²) in [6, 6.07) is 2.69. The number of nitro groups is 1. The first-order valence-corrected chi connectivity index (χ1v) is 7.14. The predicted molar refractivity (Wildman–Crippen MR) is 78.0 cm³/mol. The Kier molecular flexibility index (Phi) is 4.40. The molecule has 0 spiro atoms. The lowest BCUT2D eigenvalue weighted by Crippen LogP contribution is -2.45. The number of benzene rings is 1. The molecule has 0 amide bonds. The smallest absolute Gasteiger partial charge is 0.311 e. The fourth-order valence-corrected chi connectivity index (χ4v) is 2.52. The molecule has 0 aliphatic carbocycles. The number of ether oxygens (including phenoxy) is 3. The summed E-state index contributed by atoms with van der Waals surface area (Å²) >= 11 is 3.37. The van der Waals surface area contributed by atoms with Gasteiger partial charge in [-0.1, -0.05) is 15.9 Å². The average molecular weight is 362 g/mol. The third-order valence-corrected chi connectivity index (χ3v) is 4.86. The number of aliphatic hydroxyl groups excluding tert-OH is 1. The molecule has 0 fully saturated rings. The van der Waals surface area contributed by atoms with Gasteiger partial charge in [-0.3, -0.25) is 10.1 Å². The van der Waals surface area contributed by atoms with Gasteiger partial charge in [0.2, 0.25) is 5.75 Å². The molecule has 0 unspecified atom stereocenters. The lowest BCUT2D eigenvalue weighted by Gasteiger charge is -2.40. The van der Waals surface area contributed by atoms with Crippen LogP contribution in [0.4, 0.5) is 5.69 Å². The molecule has 1 aliphatic rings. The van der Waals surface area contributed by atoms with Crippen LogP contribution in [0.2, 0.25) is 0 Å². The highest BCUT2D eigenvalue weighted by atomic mass is 79.9. The molecule has 1 heterocycles. The predicted octanol–water partition coefficient (Wildman–Crippen LogP) is 2.55. The number of rotatable bonds is 4. The topological polar surface area (TPSA) is 91.1 Å². The molecule has 1 aromatic carbocycles. The first kappa shape index (κ1) is 16.0. The van der Waals surface area contributed by atoms with Crippen molar-refractivity contribution in [1.82, 2.24) is 0 Å². The molecule has 0 bridgehead atoms. The minimum Gasteiger partial charge on any atom is -0.486 e. The third-order valence-electron chi connectivity index (χ3n) is 3.25. The number of alkyl halides is 1. The Morgan fingerprint density at radius 2 is 2.19 bits per heavy atom. The zero-order chi connectivity index (χ0) is 15.8. The number of nitro benzene ring substituents is 1. The monoisotopic (exact) mass is 361 g/mol. The molecule has 0 saturated carbocycles. The lowest BCUT2D eigenvalue weighted by molar-refractivity contribution is -0.386. The van der Waals surface area contributed by atoms with Crippen molar-refractivity contribution in [2.75, 3.05) is 13.9 Å². The number of methoxy groups -OCH3 is 1. The van der Waals surface area contributed by atoms with Gasteiger partial charge in [-0.15, -0.1) is 0 Å². The van der Waals surface area contributed by atoms with E-state index in [1.165, 1.54) is 19.2 Å². The van der Waals surface area contributed by atoms with E-state index in [-0.39, 0.29) is 23.1 Å². The Balaban J connectivity index is 2.51. The van der Waals surface area contributed by atoms with E-state index in [1.54, 1.807) is 0 Å². The molecule has 21 heavy (non-hydrogen) atoms. The van der Waals surface area contributed by atoms with Gasteiger partial charge in [0.15, 0.2) is 6.79 Å². The van der Waals surface area contributed by atoms with Crippen LogP contribution in [-0.4, -0.2) is 34.4 Å². The second kappa shape index (κ2) is 5.78. The molecule has 0 saturated heterocycles. The lowest BCUT2D eigenvalue weighted by atomic mass is 9.91. The second-order valence-corrected chi connectivity index (χ2v) is 6.20. The average Bonchev–Trinajstić information content (AvgIpc) is 2.41. The highest BCUT2D eigenvalue weighted by Crippen LogP contribution is 2.47. The minimum atomic E-state index is -0.918. The number of hydrogen-bond acceptors (Lipinski definition) is 6. The summed E-state index contributed by atoms with van der Waals surface area (Å²) in [5.41, 5.74) is -0.554. The molecule has 7 nitrogen and oxygen atoms in total. The van der Waals surface area contributed by atoms with Crippen molar-refractivity contribution >= 4 is 21.6 Å². The fraction of sp³-hybridized carbons (Fsp3) is 0.538. The molecule has 0 radical (unpaired) electrons. The Bertz CT molecular complexity index is 562. The van der Waals surface area contributed by atoms with Crippen LogP contribution >= 0.6 is 15.9 Å². The number of hydrogen-bond donors (Lipinski definition) is 1. The maximum Gasteiger partial charge on any atom is 0.311 e. The maximum atomic E-state index is 11.1. The SMILES string of the molecule is COCOc1cc2c(cc1[N+](=O)[O-])[C@H](O)[C@@H](Br)C(C)(C)O2. The van der Waals surface area contributed by atoms with E-state index < -0.39 is 16.6 Å². The van der Waals surface area contributed by atoms with Gasteiger partial charge < -0.3 is 19.3 Å². The van der Waals surface area contributed by atoms with Crippen LogP contribution < -0.4 is 9.47 Å². The van der Waals surface area contributed by atoms with Crippen LogP contribution in [-0.2, 0) is 4.74 Å². The summed E-state index contributed by atoms with van der Waals surface area (Å²) < 4.78 is 15.8. The standard InChI is InChI=1S/C13H16BrNO6/c1-13(2)12(14)11(16)7-4-8(15(17)18)10(20-6-19-3)5-9(7)21-13/h4-5,11-12,16H,6H2,1-3H3/t11-,12+/m0/s1. The summed E-state index contributed by atoms with van der Waals surface area (Å²) in [5, 5.41) is 21.5. The normalized spacial score (nSPS) is 23.1. The zero-order valence-electron chi connectivity index (χ0n) is 11.8. The van der Waals surface area contributed by atoms with Gasteiger partial charge in [0, 0.05) is 24.8 Å². The number of halogens is 1. The van der Waals surface area contributed by atoms with E-state index in [0.717, 1.165) is 0 Å². The molecule has 2 rings (SSSR count). The maximum absolute atomic E-state index is 11.1. The van der Waals surface area contributed by atoms with Crippen molar-refractivity contribution in [1.29, 1.82) is 0 Å². The summed E-state index contributed by atoms with van der Waals surface area (Å²) in [7, 11) is 1.42. The number of fused-ring (bicyclic) bond motifs is 1. The highest BCUT2D eigenvalue weighted by molar-refractivity contribution is 9.09. The zero-order valence-corrected chi connectivity index (χ0v) is 13.4. The molecule has 2 atom stereocenters. The first-order chi connectivity index (χ1) is 9.77. The minimum absolute atomic E-state index is 0.0385. The van der Waals surface area contributed by atoms with Crippen molar-refractivity contribution in [2.24, 2.45) is 0 Å². The van der Waals surface area contributed by atoms with Gasteiger partial charge in [-0.25, -0.2) is 0 Å². The summed E-state index contributed by atoms with van der Waals surface area (Å²) in [4.78, 5) is 10.2. The van der Waals surface area contributed by atoms with Gasteiger partial charge in [0.1, 0.15) is 11.4 Å². The Morgan fingerprint density at radius 3 is 2.76 bits per heavy atom. The molecule has 0 aromatic heterocycles. The van der Waals surface area contributed by atoms with Crippen molar-refractivity contribution in [3.8, 4) is 11.5 Å². The van der Waals surface area contributed by atoms with Crippen molar-refractivity contribution in [2.45, 2.75) is 30.4 Å². The van der Waals surface area contributed by atoms with Gasteiger partial charge in [0.25, 0.3) is 0 Å². The second-order valence-electron chi connectivity index (χ2n) is 5.22. The Morgan fingerprint density at radius 1 is 1.52 bits per heavy atom. The first-order valence-electron chi connectivity index (χ1n) is 6.23. The number of aliphatic hydroxyl groups is 1. The van der Waals surface area contributed by atoms with E-state index >= 15 is 0 Å². The van der Waals surface area contributed by atoms with E-state index in [9.17, 15) is 15.2 Å². The van der Waals surface area contributed by atoms with Gasteiger partial charge in [0.05, 0.1) is 15.9 Å². The molecule has 1 aromatic rings. The molecule has 1 aliphatic heterocycles. The molecule has 116 valence electrons. The molecular formula is C13H16BrNO6. The summed E-state index contributed by atoms with van der Waals surface area (Å²) in [6.45, 7) is 3.51. The van der Waals surface area contributed by atoms with Crippen LogP contribution in [0.5, 0.6) is 11.5 Å². The van der Waals surface area contributed by atoms with Crippen LogP contribution in [0.25, 0.3) is 0 Å². The van der Waals surface area contributed by atoms with Crippen LogP contribution in [0.15, 0.2) is 12.1 Å². The van der Waals surface area contributed by atoms with Crippen LogP contribution in [0.1, 0.15) is 25.5 Å². The van der Waals surface area contributed by atoms with Crippen LogP contribution in [0.3, 0.4) is 0 Å². The number of nitrogens with zero attached hydrogens (tertiary/aromatic N) is 1. The molecule has 8 heteroatoms. The molecule has 1 N–H and O–H groups in total. The van der Waals surface area contributed by atoms with E-state index in [4.69, 9.17) is 14.2 Å². The summed E-state index contributed by atoms with van der Waals surface area (Å²) in [5.74, 6) is 0.400. The van der Waals surface area contributed by atoms with Gasteiger partial charge in [-0.2, -0.15) is 0 Å². The van der Waals surface area contributed by atoms with Crippen molar-refractivity contribution in [3.05, 3.63) is 27.8 Å². The summed E-state index contributed by atoms with van der Waals surface area (Å²) in [6.07, 6.45) is -0.918. The van der Waals surface area contributed by atoms with Gasteiger partial charge >= 0.3 is 5.69 Å². The van der Waals surface area contributed by atoms with E-state index in [1.807, 2.05) is 13.8 Å². The fourth-order valence-electron chi connectivity index (χ4n) is 2.14. The van der Waals surface area contributed by atoms with Crippen molar-refractivity contribution in [3.63, 3.8) is 0 Å².